The Morgan fingerprint density at radius 3 is 2.41 bits per heavy atom. The van der Waals surface area contributed by atoms with Crippen molar-refractivity contribution in [3.63, 3.8) is 0 Å². The normalized spacial score (nSPS) is 11.6. The molecule has 0 spiro atoms. The van der Waals surface area contributed by atoms with Crippen LogP contribution in [0.25, 0.3) is 22.6 Å². The predicted molar refractivity (Wildman–Crippen MR) is 74.2 cm³/mol. The zero-order chi connectivity index (χ0) is 15.9. The van der Waals surface area contributed by atoms with Crippen LogP contribution in [0.15, 0.2) is 40.8 Å². The molecule has 1 aromatic heterocycles. The van der Waals surface area contributed by atoms with Crippen molar-refractivity contribution in [2.24, 2.45) is 0 Å². The number of fused-ring (bicyclic) bond motifs is 1. The van der Waals surface area contributed by atoms with Gasteiger partial charge in [0.2, 0.25) is 5.89 Å². The summed E-state index contributed by atoms with van der Waals surface area (Å²) in [7, 11) is 0. The Morgan fingerprint density at radius 2 is 1.82 bits per heavy atom. The van der Waals surface area contributed by atoms with E-state index in [1.165, 1.54) is 24.3 Å². The maximum Gasteiger partial charge on any atom is 0.416 e. The second-order valence-electron chi connectivity index (χ2n) is 4.51. The molecule has 0 fully saturated rings. The first kappa shape index (κ1) is 14.4. The summed E-state index contributed by atoms with van der Waals surface area (Å²) in [6.07, 6.45) is -4.40. The van der Waals surface area contributed by atoms with Crippen LogP contribution in [0.1, 0.15) is 11.1 Å². The van der Waals surface area contributed by atoms with Crippen molar-refractivity contribution in [3.05, 3.63) is 52.5 Å². The molecule has 0 saturated carbocycles. The maximum absolute atomic E-state index is 12.5. The highest BCUT2D eigenvalue weighted by atomic mass is 35.5. The molecule has 0 aliphatic heterocycles. The monoisotopic (exact) mass is 322 g/mol. The van der Waals surface area contributed by atoms with Crippen molar-refractivity contribution >= 4 is 22.7 Å². The number of hydrogen-bond donors (Lipinski definition) is 0. The van der Waals surface area contributed by atoms with Crippen LogP contribution in [-0.4, -0.2) is 4.98 Å². The fourth-order valence-electron chi connectivity index (χ4n) is 1.98. The van der Waals surface area contributed by atoms with Gasteiger partial charge in [0.1, 0.15) is 5.52 Å². The first-order chi connectivity index (χ1) is 10.4. The Labute approximate surface area is 127 Å². The van der Waals surface area contributed by atoms with E-state index < -0.39 is 11.7 Å². The molecule has 0 saturated heterocycles. The van der Waals surface area contributed by atoms with E-state index in [1.54, 1.807) is 0 Å². The molecular formula is C15H6ClF3N2O. The van der Waals surface area contributed by atoms with Gasteiger partial charge in [0, 0.05) is 11.6 Å². The molecule has 2 aromatic carbocycles. The number of alkyl halides is 3. The largest absolute Gasteiger partial charge is 0.436 e. The highest BCUT2D eigenvalue weighted by molar-refractivity contribution is 6.35. The van der Waals surface area contributed by atoms with Crippen molar-refractivity contribution < 1.29 is 17.6 Å². The van der Waals surface area contributed by atoms with E-state index >= 15 is 0 Å². The van der Waals surface area contributed by atoms with Crippen LogP contribution in [0.4, 0.5) is 13.2 Å². The lowest BCUT2D eigenvalue weighted by molar-refractivity contribution is -0.137. The van der Waals surface area contributed by atoms with Gasteiger partial charge in [0.25, 0.3) is 0 Å². The second kappa shape index (κ2) is 5.04. The van der Waals surface area contributed by atoms with E-state index in [1.807, 2.05) is 6.07 Å². The van der Waals surface area contributed by atoms with Crippen molar-refractivity contribution in [2.75, 3.05) is 0 Å². The molecule has 0 atom stereocenters. The molecule has 0 bridgehead atoms. The van der Waals surface area contributed by atoms with Crippen LogP contribution in [0.3, 0.4) is 0 Å². The minimum Gasteiger partial charge on any atom is -0.436 e. The van der Waals surface area contributed by atoms with Gasteiger partial charge in [-0.25, -0.2) is 4.98 Å². The molecule has 0 amide bonds. The van der Waals surface area contributed by atoms with Crippen LogP contribution in [0, 0.1) is 11.3 Å². The van der Waals surface area contributed by atoms with E-state index in [0.717, 1.165) is 12.1 Å². The number of benzene rings is 2. The van der Waals surface area contributed by atoms with Crippen molar-refractivity contribution in [1.82, 2.24) is 4.98 Å². The first-order valence-electron chi connectivity index (χ1n) is 6.06. The van der Waals surface area contributed by atoms with Gasteiger partial charge < -0.3 is 4.42 Å². The average Bonchev–Trinajstić information content (AvgIpc) is 2.91. The van der Waals surface area contributed by atoms with E-state index in [2.05, 4.69) is 4.98 Å². The Bertz CT molecular complexity index is 892. The molecule has 0 N–H and O–H groups in total. The zero-order valence-electron chi connectivity index (χ0n) is 10.8. The second-order valence-corrected chi connectivity index (χ2v) is 4.92. The van der Waals surface area contributed by atoms with Crippen molar-refractivity contribution in [1.29, 1.82) is 5.26 Å². The SMILES string of the molecule is N#Cc1cc(Cl)c2nc(-c3ccc(C(F)(F)F)cc3)oc2c1. The van der Waals surface area contributed by atoms with Crippen LogP contribution in [-0.2, 0) is 6.18 Å². The molecular weight excluding hydrogens is 317 g/mol. The molecule has 0 radical (unpaired) electrons. The summed E-state index contributed by atoms with van der Waals surface area (Å²) >= 11 is 6.00. The third-order valence-corrected chi connectivity index (χ3v) is 3.32. The van der Waals surface area contributed by atoms with Gasteiger partial charge in [-0.2, -0.15) is 18.4 Å². The molecule has 0 unspecified atom stereocenters. The Morgan fingerprint density at radius 1 is 1.14 bits per heavy atom. The lowest BCUT2D eigenvalue weighted by atomic mass is 10.1. The zero-order valence-corrected chi connectivity index (χ0v) is 11.5. The van der Waals surface area contributed by atoms with Crippen LogP contribution in [0.5, 0.6) is 0 Å². The van der Waals surface area contributed by atoms with Gasteiger partial charge in [-0.05, 0) is 30.3 Å². The number of nitrogens with zero attached hydrogens (tertiary/aromatic N) is 2. The minimum absolute atomic E-state index is 0.140. The smallest absolute Gasteiger partial charge is 0.416 e. The number of rotatable bonds is 1. The van der Waals surface area contributed by atoms with Crippen molar-refractivity contribution in [3.8, 4) is 17.5 Å². The maximum atomic E-state index is 12.5. The molecule has 0 aliphatic rings. The van der Waals surface area contributed by atoms with Gasteiger partial charge in [0.05, 0.1) is 22.2 Å². The topological polar surface area (TPSA) is 49.8 Å². The Balaban J connectivity index is 2.07. The molecule has 3 rings (SSSR count). The molecule has 0 aliphatic carbocycles. The summed E-state index contributed by atoms with van der Waals surface area (Å²) in [5.41, 5.74) is 0.609. The number of hydrogen-bond acceptors (Lipinski definition) is 3. The molecule has 7 heteroatoms. The summed E-state index contributed by atoms with van der Waals surface area (Å²) < 4.78 is 43.1. The summed E-state index contributed by atoms with van der Waals surface area (Å²) in [6, 6.07) is 9.30. The molecule has 110 valence electrons. The Kier molecular flexibility index (Phi) is 3.30. The number of aromatic nitrogens is 1. The van der Waals surface area contributed by atoms with E-state index in [0.29, 0.717) is 22.2 Å². The number of oxazole rings is 1. The third kappa shape index (κ3) is 2.51. The van der Waals surface area contributed by atoms with E-state index in [-0.39, 0.29) is 10.9 Å². The van der Waals surface area contributed by atoms with Gasteiger partial charge in [-0.1, -0.05) is 11.6 Å². The highest BCUT2D eigenvalue weighted by Gasteiger charge is 2.30. The fraction of sp³-hybridized carbons (Fsp3) is 0.0667. The Hall–Kier alpha value is -2.52. The lowest BCUT2D eigenvalue weighted by Crippen LogP contribution is -2.03. The van der Waals surface area contributed by atoms with E-state index in [9.17, 15) is 13.2 Å². The minimum atomic E-state index is -4.40. The predicted octanol–water partition coefficient (Wildman–Crippen LogP) is 5.04. The van der Waals surface area contributed by atoms with E-state index in [4.69, 9.17) is 21.3 Å². The van der Waals surface area contributed by atoms with Crippen molar-refractivity contribution in [2.45, 2.75) is 6.18 Å². The van der Waals surface area contributed by atoms with Gasteiger partial charge >= 0.3 is 6.18 Å². The summed E-state index contributed by atoms with van der Waals surface area (Å²) in [5.74, 6) is 0.140. The average molecular weight is 323 g/mol. The highest BCUT2D eigenvalue weighted by Crippen LogP contribution is 2.33. The quantitative estimate of drug-likeness (QED) is 0.630. The van der Waals surface area contributed by atoms with Crippen LogP contribution < -0.4 is 0 Å². The summed E-state index contributed by atoms with van der Waals surface area (Å²) in [5, 5.41) is 9.12. The summed E-state index contributed by atoms with van der Waals surface area (Å²) in [6.45, 7) is 0. The molecule has 3 aromatic rings. The molecule has 3 nitrogen and oxygen atoms in total. The van der Waals surface area contributed by atoms with Gasteiger partial charge in [0.15, 0.2) is 5.58 Å². The molecule has 22 heavy (non-hydrogen) atoms. The van der Waals surface area contributed by atoms with Gasteiger partial charge in [-0.3, -0.25) is 0 Å². The fourth-order valence-corrected chi connectivity index (χ4v) is 2.23. The van der Waals surface area contributed by atoms with Crippen LogP contribution in [0.2, 0.25) is 5.02 Å². The standard InChI is InChI=1S/C15H6ClF3N2O/c16-11-5-8(7-20)6-12-13(11)21-14(22-12)9-1-3-10(4-2-9)15(17,18)19/h1-6H. The summed E-state index contributed by atoms with van der Waals surface area (Å²) in [4.78, 5) is 4.16. The first-order valence-corrected chi connectivity index (χ1v) is 6.44. The molecule has 1 heterocycles. The lowest BCUT2D eigenvalue weighted by Gasteiger charge is -2.05. The third-order valence-electron chi connectivity index (χ3n) is 3.04. The van der Waals surface area contributed by atoms with Crippen LogP contribution >= 0.6 is 11.6 Å². The number of nitriles is 1. The number of halogens is 4. The van der Waals surface area contributed by atoms with Gasteiger partial charge in [-0.15, -0.1) is 0 Å².